The predicted octanol–water partition coefficient (Wildman–Crippen LogP) is 3.32. The Morgan fingerprint density at radius 3 is 2.77 bits per heavy atom. The van der Waals surface area contributed by atoms with E-state index in [4.69, 9.17) is 11.6 Å². The van der Waals surface area contributed by atoms with Gasteiger partial charge in [-0.15, -0.1) is 0 Å². The molecule has 3 aromatic rings. The zero-order valence-corrected chi connectivity index (χ0v) is 18.2. The smallest absolute Gasteiger partial charge is 0.253 e. The van der Waals surface area contributed by atoms with Crippen LogP contribution in [0, 0.1) is 5.92 Å². The van der Waals surface area contributed by atoms with E-state index in [9.17, 15) is 13.2 Å². The van der Waals surface area contributed by atoms with E-state index in [1.807, 2.05) is 6.92 Å². The number of aromatic amines is 1. The molecule has 0 saturated heterocycles. The second-order valence-electron chi connectivity index (χ2n) is 7.63. The predicted molar refractivity (Wildman–Crippen MR) is 119 cm³/mol. The van der Waals surface area contributed by atoms with Crippen molar-refractivity contribution >= 4 is 44.3 Å². The number of nitrogens with zero attached hydrogens (tertiary/aromatic N) is 3. The molecule has 4 rings (SSSR count). The van der Waals surface area contributed by atoms with Crippen molar-refractivity contribution in [3.63, 3.8) is 0 Å². The number of hydrogen-bond donors (Lipinski definition) is 2. The van der Waals surface area contributed by atoms with Crippen molar-refractivity contribution in [2.24, 2.45) is 5.92 Å². The lowest BCUT2D eigenvalue weighted by molar-refractivity contribution is 0.593. The minimum Gasteiger partial charge on any atom is -0.347 e. The van der Waals surface area contributed by atoms with Gasteiger partial charge in [-0.25, -0.2) is 13.4 Å². The first-order chi connectivity index (χ1) is 14.2. The fourth-order valence-corrected chi connectivity index (χ4v) is 4.38. The number of pyridine rings is 1. The molecule has 2 aromatic heterocycles. The first-order valence-corrected chi connectivity index (χ1v) is 11.8. The van der Waals surface area contributed by atoms with Crippen LogP contribution in [-0.2, 0) is 10.0 Å². The van der Waals surface area contributed by atoms with Gasteiger partial charge in [0.1, 0.15) is 5.82 Å². The first kappa shape index (κ1) is 20.6. The average Bonchev–Trinajstić information content (AvgIpc) is 3.49. The maximum absolute atomic E-state index is 12.5. The van der Waals surface area contributed by atoms with Gasteiger partial charge in [-0.05, 0) is 49.9 Å². The van der Waals surface area contributed by atoms with Crippen LogP contribution in [0.25, 0.3) is 10.9 Å². The molecule has 1 fully saturated rings. The second kappa shape index (κ2) is 7.88. The van der Waals surface area contributed by atoms with Gasteiger partial charge in [-0.2, -0.15) is 4.98 Å². The van der Waals surface area contributed by atoms with Crippen molar-refractivity contribution in [2.45, 2.75) is 25.8 Å². The van der Waals surface area contributed by atoms with Crippen molar-refractivity contribution in [3.8, 4) is 0 Å². The number of sulfonamides is 1. The molecule has 0 aliphatic heterocycles. The van der Waals surface area contributed by atoms with E-state index in [1.54, 1.807) is 30.3 Å². The first-order valence-electron chi connectivity index (χ1n) is 9.60. The van der Waals surface area contributed by atoms with Crippen LogP contribution in [0.4, 0.5) is 11.8 Å². The zero-order valence-electron chi connectivity index (χ0n) is 16.6. The minimum absolute atomic E-state index is 0.229. The summed E-state index contributed by atoms with van der Waals surface area (Å²) < 4.78 is 25.8. The molecule has 158 valence electrons. The summed E-state index contributed by atoms with van der Waals surface area (Å²) in [5.74, 6) is 0.927. The number of fused-ring (bicyclic) bond motifs is 1. The Hall–Kier alpha value is -2.65. The van der Waals surface area contributed by atoms with Crippen LogP contribution in [0.15, 0.2) is 41.3 Å². The number of aromatic nitrogens is 3. The van der Waals surface area contributed by atoms with Crippen molar-refractivity contribution in [1.82, 2.24) is 15.0 Å². The zero-order chi connectivity index (χ0) is 21.5. The Morgan fingerprint density at radius 1 is 1.30 bits per heavy atom. The van der Waals surface area contributed by atoms with Crippen LogP contribution < -0.4 is 15.2 Å². The fourth-order valence-electron chi connectivity index (χ4n) is 3.28. The highest BCUT2D eigenvalue weighted by atomic mass is 35.5. The lowest BCUT2D eigenvalue weighted by atomic mass is 10.1. The molecule has 1 aliphatic rings. The lowest BCUT2D eigenvalue weighted by Gasteiger charge is -2.22. The summed E-state index contributed by atoms with van der Waals surface area (Å²) in [7, 11) is -3.46. The third kappa shape index (κ3) is 4.57. The molecule has 0 unspecified atom stereocenters. The molecule has 0 radical (unpaired) electrons. The van der Waals surface area contributed by atoms with Gasteiger partial charge in [0.05, 0.1) is 12.3 Å². The molecule has 1 aromatic carbocycles. The molecular weight excluding hydrogens is 426 g/mol. The fraction of sp³-hybridized carbons (Fsp3) is 0.350. The molecule has 1 saturated carbocycles. The molecule has 0 spiro atoms. The molecule has 8 nitrogen and oxygen atoms in total. The van der Waals surface area contributed by atoms with E-state index in [-0.39, 0.29) is 11.5 Å². The van der Waals surface area contributed by atoms with E-state index in [0.717, 1.165) is 18.2 Å². The van der Waals surface area contributed by atoms with Gasteiger partial charge in [0.15, 0.2) is 0 Å². The summed E-state index contributed by atoms with van der Waals surface area (Å²) in [6, 6.07) is 8.19. The van der Waals surface area contributed by atoms with E-state index in [0.29, 0.717) is 34.4 Å². The minimum atomic E-state index is -3.46. The van der Waals surface area contributed by atoms with Crippen molar-refractivity contribution in [3.05, 3.63) is 57.5 Å². The third-order valence-corrected chi connectivity index (χ3v) is 6.44. The summed E-state index contributed by atoms with van der Waals surface area (Å²) in [4.78, 5) is 24.0. The molecular formula is C20H22ClN5O3S. The molecule has 2 heterocycles. The molecule has 1 aliphatic carbocycles. The number of anilines is 2. The highest BCUT2D eigenvalue weighted by Crippen LogP contribution is 2.32. The van der Waals surface area contributed by atoms with Crippen molar-refractivity contribution in [1.29, 1.82) is 0 Å². The van der Waals surface area contributed by atoms with Crippen LogP contribution in [0.1, 0.15) is 31.4 Å². The molecule has 10 heteroatoms. The summed E-state index contributed by atoms with van der Waals surface area (Å²) in [5.41, 5.74) is 0.964. The van der Waals surface area contributed by atoms with E-state index in [1.165, 1.54) is 16.8 Å². The van der Waals surface area contributed by atoms with E-state index < -0.39 is 16.1 Å². The number of halogens is 1. The number of rotatable bonds is 7. The average molecular weight is 448 g/mol. The van der Waals surface area contributed by atoms with E-state index in [2.05, 4.69) is 20.3 Å². The number of nitrogens with one attached hydrogen (secondary N) is 2. The highest BCUT2D eigenvalue weighted by molar-refractivity contribution is 7.92. The largest absolute Gasteiger partial charge is 0.347 e. The maximum Gasteiger partial charge on any atom is 0.253 e. The third-order valence-electron chi connectivity index (χ3n) is 5.06. The number of hydrogen-bond acceptors (Lipinski definition) is 6. The van der Waals surface area contributed by atoms with Gasteiger partial charge in [-0.1, -0.05) is 11.6 Å². The molecule has 0 bridgehead atoms. The summed E-state index contributed by atoms with van der Waals surface area (Å²) in [6.07, 6.45) is 4.72. The SMILES string of the molecule is C[C@H](Nc1nccc(N(CC2CC2)S(C)(=O)=O)n1)c1cc2cc(Cl)ccc2[nH]c1=O. The Labute approximate surface area is 179 Å². The number of benzene rings is 1. The van der Waals surface area contributed by atoms with Gasteiger partial charge in [0.25, 0.3) is 5.56 Å². The Kier molecular flexibility index (Phi) is 5.42. The standard InChI is InChI=1S/C20H22ClN5O3S/c1-12(16-10-14-9-15(21)5-6-17(14)24-19(16)27)23-20-22-8-7-18(25-20)26(30(2,28)29)11-13-3-4-13/h5-10,12-13H,3-4,11H2,1-2H3,(H,24,27)(H,22,23,25)/t12-/m0/s1. The van der Waals surface area contributed by atoms with Crippen LogP contribution in [0.3, 0.4) is 0 Å². The lowest BCUT2D eigenvalue weighted by Crippen LogP contribution is -2.32. The van der Waals surface area contributed by atoms with Crippen LogP contribution in [0.2, 0.25) is 5.02 Å². The number of H-pyrrole nitrogens is 1. The van der Waals surface area contributed by atoms with Crippen LogP contribution in [0.5, 0.6) is 0 Å². The monoisotopic (exact) mass is 447 g/mol. The molecule has 30 heavy (non-hydrogen) atoms. The molecule has 1 atom stereocenters. The maximum atomic E-state index is 12.5. The second-order valence-corrected chi connectivity index (χ2v) is 9.97. The van der Waals surface area contributed by atoms with Crippen molar-refractivity contribution in [2.75, 3.05) is 22.4 Å². The normalized spacial score (nSPS) is 15.2. The van der Waals surface area contributed by atoms with Gasteiger partial charge in [0.2, 0.25) is 16.0 Å². The molecule has 0 amide bonds. The topological polar surface area (TPSA) is 108 Å². The van der Waals surface area contributed by atoms with Gasteiger partial charge >= 0.3 is 0 Å². The quantitative estimate of drug-likeness (QED) is 0.575. The van der Waals surface area contributed by atoms with Gasteiger partial charge in [0, 0.05) is 40.3 Å². The summed E-state index contributed by atoms with van der Waals surface area (Å²) in [5, 5.41) is 4.49. The van der Waals surface area contributed by atoms with Crippen LogP contribution >= 0.6 is 11.6 Å². The summed E-state index contributed by atoms with van der Waals surface area (Å²) >= 11 is 6.06. The van der Waals surface area contributed by atoms with E-state index >= 15 is 0 Å². The van der Waals surface area contributed by atoms with Gasteiger partial charge in [-0.3, -0.25) is 9.10 Å². The Balaban J connectivity index is 1.61. The molecule has 2 N–H and O–H groups in total. The van der Waals surface area contributed by atoms with Gasteiger partial charge < -0.3 is 10.3 Å². The Bertz CT molecular complexity index is 1260. The van der Waals surface area contributed by atoms with Crippen molar-refractivity contribution < 1.29 is 8.42 Å². The Morgan fingerprint density at radius 2 is 2.07 bits per heavy atom. The highest BCUT2D eigenvalue weighted by Gasteiger charge is 2.29. The summed E-state index contributed by atoms with van der Waals surface area (Å²) in [6.45, 7) is 2.23. The van der Waals surface area contributed by atoms with Crippen LogP contribution in [-0.4, -0.2) is 36.2 Å².